The van der Waals surface area contributed by atoms with Gasteiger partial charge in [-0.05, 0) is 12.2 Å². The molecule has 1 unspecified atom stereocenters. The van der Waals surface area contributed by atoms with Crippen LogP contribution in [0.15, 0.2) is 6.20 Å². The highest BCUT2D eigenvalue weighted by Gasteiger charge is 2.67. The van der Waals surface area contributed by atoms with Gasteiger partial charge >= 0.3 is 6.18 Å². The molecule has 1 saturated heterocycles. The van der Waals surface area contributed by atoms with Crippen LogP contribution in [0.4, 0.5) is 27.8 Å². The Balaban J connectivity index is 2.55. The van der Waals surface area contributed by atoms with Gasteiger partial charge in [0.2, 0.25) is 4.77 Å². The zero-order chi connectivity index (χ0) is 16.0. The summed E-state index contributed by atoms with van der Waals surface area (Å²) in [6, 6.07) is 0. The first-order chi connectivity index (χ1) is 9.60. The molecular weight excluding hydrogens is 321 g/mol. The number of halogens is 5. The normalized spacial score (nSPS) is 29.8. The SMILES string of the molecule is Nc1nc(=S)n([C@@H]2O[C@H](CO)CC2(F)C(F)(F)F)cc1F. The molecule has 1 aliphatic rings. The highest BCUT2D eigenvalue weighted by atomic mass is 32.1. The van der Waals surface area contributed by atoms with Crippen molar-refractivity contribution >= 4 is 18.0 Å². The summed E-state index contributed by atoms with van der Waals surface area (Å²) in [5.74, 6) is -1.78. The second kappa shape index (κ2) is 5.14. The average Bonchev–Trinajstić information content (AvgIpc) is 2.72. The lowest BCUT2D eigenvalue weighted by molar-refractivity contribution is -0.256. The van der Waals surface area contributed by atoms with Crippen LogP contribution in [0.5, 0.6) is 0 Å². The number of aromatic nitrogens is 2. The van der Waals surface area contributed by atoms with Gasteiger partial charge in [0.1, 0.15) is 0 Å². The van der Waals surface area contributed by atoms with Gasteiger partial charge in [0.05, 0.1) is 12.7 Å². The molecule has 0 spiro atoms. The van der Waals surface area contributed by atoms with E-state index in [2.05, 4.69) is 17.2 Å². The number of ether oxygens (including phenoxy) is 1. The molecule has 2 heterocycles. The highest BCUT2D eigenvalue weighted by molar-refractivity contribution is 7.71. The third-order valence-corrected chi connectivity index (χ3v) is 3.40. The number of rotatable bonds is 2. The fraction of sp³-hybridized carbons (Fsp3) is 0.600. The first kappa shape index (κ1) is 16.0. The summed E-state index contributed by atoms with van der Waals surface area (Å²) >= 11 is 4.66. The summed E-state index contributed by atoms with van der Waals surface area (Å²) in [4.78, 5) is 3.32. The molecule has 11 heteroatoms. The van der Waals surface area contributed by atoms with E-state index in [4.69, 9.17) is 15.6 Å². The van der Waals surface area contributed by atoms with Gasteiger partial charge in [0, 0.05) is 12.6 Å². The van der Waals surface area contributed by atoms with Crippen molar-refractivity contribution in [3.05, 3.63) is 16.8 Å². The van der Waals surface area contributed by atoms with Crippen LogP contribution in [0.2, 0.25) is 0 Å². The van der Waals surface area contributed by atoms with Crippen molar-refractivity contribution in [3.8, 4) is 0 Å². The highest BCUT2D eigenvalue weighted by Crippen LogP contribution is 2.51. The van der Waals surface area contributed by atoms with Crippen LogP contribution >= 0.6 is 12.2 Å². The summed E-state index contributed by atoms with van der Waals surface area (Å²) in [7, 11) is 0. The molecule has 5 nitrogen and oxygen atoms in total. The Bertz CT molecular complexity index is 607. The molecule has 2 rings (SSSR count). The molecule has 118 valence electrons. The Hall–Kier alpha value is -1.33. The van der Waals surface area contributed by atoms with Gasteiger partial charge in [-0.2, -0.15) is 18.2 Å². The number of nitrogen functional groups attached to an aromatic ring is 1. The zero-order valence-corrected chi connectivity index (χ0v) is 11.1. The minimum atomic E-state index is -5.30. The van der Waals surface area contributed by atoms with Crippen molar-refractivity contribution in [2.24, 2.45) is 0 Å². The van der Waals surface area contributed by atoms with Crippen molar-refractivity contribution in [2.45, 2.75) is 30.6 Å². The molecule has 3 atom stereocenters. The van der Waals surface area contributed by atoms with Gasteiger partial charge in [-0.25, -0.2) is 8.78 Å². The largest absolute Gasteiger partial charge is 0.427 e. The number of hydrogen-bond acceptors (Lipinski definition) is 5. The Morgan fingerprint density at radius 1 is 1.57 bits per heavy atom. The molecule has 1 fully saturated rings. The summed E-state index contributed by atoms with van der Waals surface area (Å²) in [5, 5.41) is 8.89. The standard InChI is InChI=1S/C10H10F5N3O2S/c11-5-2-18(8(21)17-6(5)16)7-9(12,10(13,14)15)1-4(3-19)20-7/h2,4,7,19H,1,3H2,(H2,16,17,21)/t4-,7+,9?/m0/s1. The van der Waals surface area contributed by atoms with Crippen molar-refractivity contribution in [1.29, 1.82) is 0 Å². The maximum absolute atomic E-state index is 14.4. The lowest BCUT2D eigenvalue weighted by atomic mass is 9.99. The smallest absolute Gasteiger partial charge is 0.394 e. The molecule has 0 radical (unpaired) electrons. The van der Waals surface area contributed by atoms with Crippen LogP contribution < -0.4 is 5.73 Å². The van der Waals surface area contributed by atoms with Gasteiger partial charge in [-0.15, -0.1) is 0 Å². The molecule has 0 aliphatic carbocycles. The molecule has 1 aromatic heterocycles. The second-order valence-electron chi connectivity index (χ2n) is 4.52. The van der Waals surface area contributed by atoms with Gasteiger partial charge in [-0.3, -0.25) is 4.57 Å². The number of alkyl halides is 4. The Morgan fingerprint density at radius 2 is 2.19 bits per heavy atom. The Kier molecular flexibility index (Phi) is 3.93. The number of anilines is 1. The minimum Gasteiger partial charge on any atom is -0.394 e. The molecule has 3 N–H and O–H groups in total. The van der Waals surface area contributed by atoms with E-state index >= 15 is 0 Å². The van der Waals surface area contributed by atoms with E-state index < -0.39 is 53.6 Å². The lowest BCUT2D eigenvalue weighted by Crippen LogP contribution is -2.45. The van der Waals surface area contributed by atoms with Gasteiger partial charge < -0.3 is 15.6 Å². The summed E-state index contributed by atoms with van der Waals surface area (Å²) < 4.78 is 71.4. The topological polar surface area (TPSA) is 73.3 Å². The van der Waals surface area contributed by atoms with Crippen LogP contribution in [0.1, 0.15) is 12.6 Å². The van der Waals surface area contributed by atoms with E-state index in [1.807, 2.05) is 0 Å². The predicted octanol–water partition coefficient (Wildman–Crippen LogP) is 1.88. The zero-order valence-electron chi connectivity index (χ0n) is 10.3. The fourth-order valence-electron chi connectivity index (χ4n) is 2.05. The first-order valence-corrected chi connectivity index (χ1v) is 6.07. The number of aliphatic hydroxyl groups excluding tert-OH is 1. The van der Waals surface area contributed by atoms with Gasteiger partial charge in [0.15, 0.2) is 17.9 Å². The van der Waals surface area contributed by atoms with Gasteiger partial charge in [0.25, 0.3) is 5.67 Å². The summed E-state index contributed by atoms with van der Waals surface area (Å²) in [6.45, 7) is -0.823. The van der Waals surface area contributed by atoms with Crippen LogP contribution in [0.3, 0.4) is 0 Å². The molecule has 0 amide bonds. The van der Waals surface area contributed by atoms with Gasteiger partial charge in [-0.1, -0.05) is 0 Å². The first-order valence-electron chi connectivity index (χ1n) is 5.66. The number of nitrogens with zero attached hydrogens (tertiary/aromatic N) is 2. The third kappa shape index (κ3) is 2.60. The Labute approximate surface area is 120 Å². The molecule has 0 bridgehead atoms. The average molecular weight is 331 g/mol. The number of hydrogen-bond donors (Lipinski definition) is 2. The minimum absolute atomic E-state index is 0.407. The van der Waals surface area contributed by atoms with E-state index in [1.165, 1.54) is 0 Å². The lowest BCUT2D eigenvalue weighted by Gasteiger charge is -2.29. The fourth-order valence-corrected chi connectivity index (χ4v) is 2.29. The summed E-state index contributed by atoms with van der Waals surface area (Å²) in [6.07, 6.45) is -9.62. The molecule has 1 aromatic rings. The maximum atomic E-state index is 14.4. The second-order valence-corrected chi connectivity index (χ2v) is 4.89. The van der Waals surface area contributed by atoms with E-state index in [1.54, 1.807) is 0 Å². The maximum Gasteiger partial charge on any atom is 0.427 e. The number of aliphatic hydroxyl groups is 1. The summed E-state index contributed by atoms with van der Waals surface area (Å²) in [5.41, 5.74) is 1.30. The predicted molar refractivity (Wildman–Crippen MR) is 62.9 cm³/mol. The molecule has 0 aromatic carbocycles. The molecule has 0 saturated carbocycles. The molecule has 1 aliphatic heterocycles. The van der Waals surface area contributed by atoms with Crippen molar-refractivity contribution < 1.29 is 31.8 Å². The van der Waals surface area contributed by atoms with Crippen LogP contribution in [0, 0.1) is 10.6 Å². The molecule has 21 heavy (non-hydrogen) atoms. The van der Waals surface area contributed by atoms with Crippen LogP contribution in [-0.2, 0) is 4.74 Å². The Morgan fingerprint density at radius 3 is 2.71 bits per heavy atom. The van der Waals surface area contributed by atoms with Crippen LogP contribution in [-0.4, -0.2) is 39.2 Å². The van der Waals surface area contributed by atoms with E-state index in [0.717, 1.165) is 0 Å². The van der Waals surface area contributed by atoms with Crippen LogP contribution in [0.25, 0.3) is 0 Å². The van der Waals surface area contributed by atoms with Crippen molar-refractivity contribution in [1.82, 2.24) is 9.55 Å². The number of nitrogens with two attached hydrogens (primary N) is 1. The van der Waals surface area contributed by atoms with E-state index in [0.29, 0.717) is 10.8 Å². The van der Waals surface area contributed by atoms with E-state index in [-0.39, 0.29) is 0 Å². The third-order valence-electron chi connectivity index (χ3n) is 3.10. The van der Waals surface area contributed by atoms with E-state index in [9.17, 15) is 22.0 Å². The monoisotopic (exact) mass is 331 g/mol. The van der Waals surface area contributed by atoms with Crippen molar-refractivity contribution in [2.75, 3.05) is 12.3 Å². The quantitative estimate of drug-likeness (QED) is 0.639. The molecular formula is C10H10F5N3O2S. The van der Waals surface area contributed by atoms with Crippen molar-refractivity contribution in [3.63, 3.8) is 0 Å².